The summed E-state index contributed by atoms with van der Waals surface area (Å²) in [5.74, 6) is 1.01. The van der Waals surface area contributed by atoms with Crippen molar-refractivity contribution in [2.75, 3.05) is 19.5 Å². The van der Waals surface area contributed by atoms with Gasteiger partial charge in [-0.1, -0.05) is 11.6 Å². The largest absolute Gasteiger partial charge is 0.493 e. The molecule has 0 unspecified atom stereocenters. The van der Waals surface area contributed by atoms with Gasteiger partial charge in [-0.05, 0) is 19.1 Å². The molecule has 2 aromatic rings. The average molecular weight is 296 g/mol. The number of halogens is 1. The Labute approximate surface area is 121 Å². The highest BCUT2D eigenvalue weighted by Crippen LogP contribution is 2.36. The summed E-state index contributed by atoms with van der Waals surface area (Å²) in [4.78, 5) is 12.2. The highest BCUT2D eigenvalue weighted by molar-refractivity contribution is 6.32. The van der Waals surface area contributed by atoms with Gasteiger partial charge in [-0.15, -0.1) is 0 Å². The standard InChI is InChI=1S/C13H14ClN3O3/c1-7-6-15-17-12(7)16-13(18)8-4-9(14)11(20-3)10(5-8)19-2/h4-6H,1-3H3,(H2,15,16,17,18). The van der Waals surface area contributed by atoms with Crippen LogP contribution in [0.25, 0.3) is 0 Å². The minimum Gasteiger partial charge on any atom is -0.493 e. The molecule has 0 saturated carbocycles. The second-order valence-corrected chi connectivity index (χ2v) is 4.48. The van der Waals surface area contributed by atoms with Crippen molar-refractivity contribution in [3.8, 4) is 11.5 Å². The van der Waals surface area contributed by atoms with Gasteiger partial charge in [0, 0.05) is 11.1 Å². The Balaban J connectivity index is 2.31. The number of nitrogens with one attached hydrogen (secondary N) is 2. The van der Waals surface area contributed by atoms with Crippen molar-refractivity contribution < 1.29 is 14.3 Å². The van der Waals surface area contributed by atoms with Crippen molar-refractivity contribution >= 4 is 23.3 Å². The van der Waals surface area contributed by atoms with E-state index in [1.165, 1.54) is 20.3 Å². The summed E-state index contributed by atoms with van der Waals surface area (Å²) in [5.41, 5.74) is 1.20. The molecule has 2 rings (SSSR count). The molecule has 1 aromatic heterocycles. The molecule has 0 aliphatic heterocycles. The van der Waals surface area contributed by atoms with E-state index in [1.54, 1.807) is 12.3 Å². The molecule has 0 radical (unpaired) electrons. The second kappa shape index (κ2) is 5.83. The number of aromatic amines is 1. The lowest BCUT2D eigenvalue weighted by Crippen LogP contribution is -2.13. The number of benzene rings is 1. The molecule has 6 nitrogen and oxygen atoms in total. The van der Waals surface area contributed by atoms with Crippen molar-refractivity contribution in [2.24, 2.45) is 0 Å². The molecule has 0 aliphatic rings. The van der Waals surface area contributed by atoms with Crippen LogP contribution in [0.3, 0.4) is 0 Å². The topological polar surface area (TPSA) is 76.2 Å². The highest BCUT2D eigenvalue weighted by atomic mass is 35.5. The molecule has 0 saturated heterocycles. The van der Waals surface area contributed by atoms with Gasteiger partial charge in [0.2, 0.25) is 0 Å². The number of nitrogens with zero attached hydrogens (tertiary/aromatic N) is 1. The van der Waals surface area contributed by atoms with Gasteiger partial charge in [-0.25, -0.2) is 0 Å². The molecule has 20 heavy (non-hydrogen) atoms. The van der Waals surface area contributed by atoms with E-state index in [0.717, 1.165) is 5.56 Å². The van der Waals surface area contributed by atoms with Gasteiger partial charge >= 0.3 is 0 Å². The highest BCUT2D eigenvalue weighted by Gasteiger charge is 2.16. The van der Waals surface area contributed by atoms with E-state index in [1.807, 2.05) is 6.92 Å². The predicted octanol–water partition coefficient (Wildman–Crippen LogP) is 2.64. The Morgan fingerprint density at radius 2 is 2.10 bits per heavy atom. The van der Waals surface area contributed by atoms with Crippen LogP contribution in [-0.4, -0.2) is 30.3 Å². The number of hydrogen-bond donors (Lipinski definition) is 2. The number of methoxy groups -OCH3 is 2. The monoisotopic (exact) mass is 295 g/mol. The molecular formula is C13H14ClN3O3. The number of amides is 1. The van der Waals surface area contributed by atoms with Gasteiger partial charge in [0.15, 0.2) is 11.5 Å². The number of rotatable bonds is 4. The predicted molar refractivity (Wildman–Crippen MR) is 75.8 cm³/mol. The maximum Gasteiger partial charge on any atom is 0.257 e. The van der Waals surface area contributed by atoms with E-state index in [-0.39, 0.29) is 5.91 Å². The third-order valence-electron chi connectivity index (χ3n) is 2.76. The van der Waals surface area contributed by atoms with E-state index in [2.05, 4.69) is 15.5 Å². The van der Waals surface area contributed by atoms with E-state index < -0.39 is 0 Å². The number of carbonyl (C=O) groups excluding carboxylic acids is 1. The summed E-state index contributed by atoms with van der Waals surface area (Å²) in [6.07, 6.45) is 1.62. The van der Waals surface area contributed by atoms with E-state index >= 15 is 0 Å². The zero-order chi connectivity index (χ0) is 14.7. The van der Waals surface area contributed by atoms with Crippen LogP contribution in [0.2, 0.25) is 5.02 Å². The van der Waals surface area contributed by atoms with Crippen LogP contribution in [0.4, 0.5) is 5.82 Å². The summed E-state index contributed by atoms with van der Waals surface area (Å²) in [6, 6.07) is 3.08. The number of ether oxygens (including phenoxy) is 2. The lowest BCUT2D eigenvalue weighted by atomic mass is 10.2. The minimum atomic E-state index is -0.319. The van der Waals surface area contributed by atoms with Gasteiger partial charge in [-0.2, -0.15) is 5.10 Å². The molecule has 0 bridgehead atoms. The number of H-pyrrole nitrogens is 1. The smallest absolute Gasteiger partial charge is 0.257 e. The zero-order valence-electron chi connectivity index (χ0n) is 11.3. The molecule has 1 aromatic carbocycles. The Kier molecular flexibility index (Phi) is 4.14. The van der Waals surface area contributed by atoms with Crippen molar-refractivity contribution in [3.63, 3.8) is 0 Å². The van der Waals surface area contributed by atoms with Crippen LogP contribution in [0.5, 0.6) is 11.5 Å². The SMILES string of the molecule is COc1cc(C(=O)Nc2[nH]ncc2C)cc(Cl)c1OC. The number of aromatic nitrogens is 2. The Hall–Kier alpha value is -2.21. The molecule has 2 N–H and O–H groups in total. The maximum atomic E-state index is 12.2. The van der Waals surface area contributed by atoms with E-state index in [9.17, 15) is 4.79 Å². The van der Waals surface area contributed by atoms with Gasteiger partial charge in [0.05, 0.1) is 25.4 Å². The van der Waals surface area contributed by atoms with Crippen molar-refractivity contribution in [2.45, 2.75) is 6.92 Å². The van der Waals surface area contributed by atoms with Crippen LogP contribution in [0, 0.1) is 6.92 Å². The summed E-state index contributed by atoms with van der Waals surface area (Å²) in [7, 11) is 2.96. The molecular weight excluding hydrogens is 282 g/mol. The fourth-order valence-electron chi connectivity index (χ4n) is 1.71. The zero-order valence-corrected chi connectivity index (χ0v) is 12.0. The number of carbonyl (C=O) groups is 1. The quantitative estimate of drug-likeness (QED) is 0.909. The first-order valence-corrected chi connectivity index (χ1v) is 6.17. The van der Waals surface area contributed by atoms with Crippen LogP contribution in [0.1, 0.15) is 15.9 Å². The first-order chi connectivity index (χ1) is 9.56. The Morgan fingerprint density at radius 3 is 2.65 bits per heavy atom. The van der Waals surface area contributed by atoms with Crippen LogP contribution < -0.4 is 14.8 Å². The molecule has 0 aliphatic carbocycles. The minimum absolute atomic E-state index is 0.304. The van der Waals surface area contributed by atoms with Crippen LogP contribution in [-0.2, 0) is 0 Å². The van der Waals surface area contributed by atoms with Gasteiger partial charge in [0.1, 0.15) is 5.82 Å². The molecule has 0 spiro atoms. The van der Waals surface area contributed by atoms with Gasteiger partial charge in [0.25, 0.3) is 5.91 Å². The number of hydrogen-bond acceptors (Lipinski definition) is 4. The number of aryl methyl sites for hydroxylation is 1. The first-order valence-electron chi connectivity index (χ1n) is 5.79. The summed E-state index contributed by atoms with van der Waals surface area (Å²) in [5, 5.41) is 9.55. The molecule has 1 amide bonds. The lowest BCUT2D eigenvalue weighted by Gasteiger charge is -2.11. The van der Waals surface area contributed by atoms with Crippen molar-refractivity contribution in [3.05, 3.63) is 34.5 Å². The third-order valence-corrected chi connectivity index (χ3v) is 3.04. The normalized spacial score (nSPS) is 10.2. The fourth-order valence-corrected chi connectivity index (χ4v) is 2.00. The van der Waals surface area contributed by atoms with Crippen molar-refractivity contribution in [1.82, 2.24) is 10.2 Å². The Morgan fingerprint density at radius 1 is 1.35 bits per heavy atom. The van der Waals surface area contributed by atoms with Crippen LogP contribution >= 0.6 is 11.6 Å². The molecule has 1 heterocycles. The molecule has 0 atom stereocenters. The Bertz CT molecular complexity index is 640. The molecule has 7 heteroatoms. The summed E-state index contributed by atoms with van der Waals surface area (Å²) < 4.78 is 10.3. The average Bonchev–Trinajstić information content (AvgIpc) is 2.83. The summed E-state index contributed by atoms with van der Waals surface area (Å²) in [6.45, 7) is 1.83. The molecule has 0 fully saturated rings. The summed E-state index contributed by atoms with van der Waals surface area (Å²) >= 11 is 6.07. The first kappa shape index (κ1) is 14.2. The lowest BCUT2D eigenvalue weighted by molar-refractivity contribution is 0.102. The van der Waals surface area contributed by atoms with Gasteiger partial charge < -0.3 is 14.8 Å². The second-order valence-electron chi connectivity index (χ2n) is 4.08. The third kappa shape index (κ3) is 2.70. The van der Waals surface area contributed by atoms with Crippen molar-refractivity contribution in [1.29, 1.82) is 0 Å². The maximum absolute atomic E-state index is 12.2. The van der Waals surface area contributed by atoms with Crippen LogP contribution in [0.15, 0.2) is 18.3 Å². The molecule has 106 valence electrons. The van der Waals surface area contributed by atoms with E-state index in [0.29, 0.717) is 27.9 Å². The van der Waals surface area contributed by atoms with Gasteiger partial charge in [-0.3, -0.25) is 9.89 Å². The van der Waals surface area contributed by atoms with E-state index in [4.69, 9.17) is 21.1 Å². The number of anilines is 1. The fraction of sp³-hybridized carbons (Fsp3) is 0.231.